The largest absolute Gasteiger partial charge is 0.481 e. The second-order valence-corrected chi connectivity index (χ2v) is 4.35. The average molecular weight is 206 g/mol. The lowest BCUT2D eigenvalue weighted by atomic mass is 9.91. The molecule has 1 atom stereocenters. The van der Waals surface area contributed by atoms with E-state index in [0.29, 0.717) is 12.3 Å². The van der Waals surface area contributed by atoms with E-state index >= 15 is 0 Å². The standard InChI is InChI=1S/C13H18O2/c1-10(2)8-12(13(14)15)9-11-6-4-3-5-7-11/h3-7,10,12H,8-9H2,1-2H3,(H,14,15). The van der Waals surface area contributed by atoms with Crippen molar-refractivity contribution in [2.24, 2.45) is 11.8 Å². The zero-order valence-corrected chi connectivity index (χ0v) is 9.31. The van der Waals surface area contributed by atoms with Crippen LogP contribution in [0, 0.1) is 11.8 Å². The van der Waals surface area contributed by atoms with Crippen molar-refractivity contribution in [3.05, 3.63) is 35.9 Å². The predicted molar refractivity (Wildman–Crippen MR) is 60.7 cm³/mol. The molecule has 0 heterocycles. The third-order valence-corrected chi connectivity index (χ3v) is 2.43. The molecule has 1 unspecified atom stereocenters. The van der Waals surface area contributed by atoms with Crippen LogP contribution >= 0.6 is 0 Å². The minimum atomic E-state index is -0.687. The van der Waals surface area contributed by atoms with Crippen molar-refractivity contribution in [2.45, 2.75) is 26.7 Å². The van der Waals surface area contributed by atoms with E-state index in [0.717, 1.165) is 12.0 Å². The van der Waals surface area contributed by atoms with Crippen LogP contribution in [-0.2, 0) is 11.2 Å². The normalized spacial score (nSPS) is 12.7. The molecule has 1 aromatic carbocycles. The van der Waals surface area contributed by atoms with E-state index in [4.69, 9.17) is 5.11 Å². The van der Waals surface area contributed by atoms with Crippen LogP contribution in [0.2, 0.25) is 0 Å². The maximum absolute atomic E-state index is 11.0. The smallest absolute Gasteiger partial charge is 0.306 e. The summed E-state index contributed by atoms with van der Waals surface area (Å²) in [6.45, 7) is 4.11. The van der Waals surface area contributed by atoms with Gasteiger partial charge in [-0.1, -0.05) is 44.2 Å². The van der Waals surface area contributed by atoms with E-state index < -0.39 is 5.97 Å². The second kappa shape index (κ2) is 5.54. The van der Waals surface area contributed by atoms with Gasteiger partial charge in [-0.25, -0.2) is 0 Å². The number of hydrogen-bond donors (Lipinski definition) is 1. The first kappa shape index (κ1) is 11.8. The molecule has 0 radical (unpaired) electrons. The van der Waals surface area contributed by atoms with Crippen LogP contribution < -0.4 is 0 Å². The topological polar surface area (TPSA) is 37.3 Å². The van der Waals surface area contributed by atoms with Crippen molar-refractivity contribution in [1.82, 2.24) is 0 Å². The van der Waals surface area contributed by atoms with Gasteiger partial charge in [-0.3, -0.25) is 4.79 Å². The number of rotatable bonds is 5. The quantitative estimate of drug-likeness (QED) is 0.804. The van der Waals surface area contributed by atoms with Crippen molar-refractivity contribution in [2.75, 3.05) is 0 Å². The maximum Gasteiger partial charge on any atom is 0.306 e. The Kier molecular flexibility index (Phi) is 4.35. The van der Waals surface area contributed by atoms with E-state index in [1.165, 1.54) is 0 Å². The Labute approximate surface area is 90.9 Å². The fourth-order valence-corrected chi connectivity index (χ4v) is 1.74. The van der Waals surface area contributed by atoms with Gasteiger partial charge in [0, 0.05) is 0 Å². The maximum atomic E-state index is 11.0. The molecule has 2 heteroatoms. The van der Waals surface area contributed by atoms with Gasteiger partial charge in [0.25, 0.3) is 0 Å². The van der Waals surface area contributed by atoms with Crippen LogP contribution in [0.4, 0.5) is 0 Å². The number of benzene rings is 1. The molecule has 0 aliphatic heterocycles. The minimum absolute atomic E-state index is 0.257. The Morgan fingerprint density at radius 3 is 2.33 bits per heavy atom. The van der Waals surface area contributed by atoms with Crippen molar-refractivity contribution in [3.8, 4) is 0 Å². The number of carbonyl (C=O) groups is 1. The molecule has 2 nitrogen and oxygen atoms in total. The Hall–Kier alpha value is -1.31. The van der Waals surface area contributed by atoms with Gasteiger partial charge >= 0.3 is 5.97 Å². The number of aliphatic carboxylic acids is 1. The molecule has 82 valence electrons. The molecule has 0 aliphatic rings. The van der Waals surface area contributed by atoms with Gasteiger partial charge in [0.15, 0.2) is 0 Å². The predicted octanol–water partition coefficient (Wildman–Crippen LogP) is 2.98. The van der Waals surface area contributed by atoms with Crippen LogP contribution in [0.25, 0.3) is 0 Å². The van der Waals surface area contributed by atoms with E-state index in [1.54, 1.807) is 0 Å². The van der Waals surface area contributed by atoms with E-state index in [2.05, 4.69) is 13.8 Å². The van der Waals surface area contributed by atoms with Gasteiger partial charge < -0.3 is 5.11 Å². The molecule has 0 aromatic heterocycles. The highest BCUT2D eigenvalue weighted by Gasteiger charge is 2.18. The molecule has 0 spiro atoms. The molecule has 1 N–H and O–H groups in total. The van der Waals surface area contributed by atoms with Crippen LogP contribution in [0.5, 0.6) is 0 Å². The summed E-state index contributed by atoms with van der Waals surface area (Å²) in [5.41, 5.74) is 1.10. The number of carboxylic acids is 1. The highest BCUT2D eigenvalue weighted by atomic mass is 16.4. The number of hydrogen-bond acceptors (Lipinski definition) is 1. The summed E-state index contributed by atoms with van der Waals surface area (Å²) >= 11 is 0. The highest BCUT2D eigenvalue weighted by molar-refractivity contribution is 5.70. The molecule has 0 aliphatic carbocycles. The van der Waals surface area contributed by atoms with Crippen molar-refractivity contribution in [1.29, 1.82) is 0 Å². The van der Waals surface area contributed by atoms with Gasteiger partial charge in [-0.2, -0.15) is 0 Å². The lowest BCUT2D eigenvalue weighted by Gasteiger charge is -2.14. The second-order valence-electron chi connectivity index (χ2n) is 4.35. The zero-order valence-electron chi connectivity index (χ0n) is 9.31. The van der Waals surface area contributed by atoms with E-state index in [1.807, 2.05) is 30.3 Å². The third-order valence-electron chi connectivity index (χ3n) is 2.43. The SMILES string of the molecule is CC(C)CC(Cc1ccccc1)C(=O)O. The van der Waals surface area contributed by atoms with Crippen molar-refractivity contribution < 1.29 is 9.90 Å². The molecule has 1 aromatic rings. The zero-order chi connectivity index (χ0) is 11.3. The van der Waals surface area contributed by atoms with Gasteiger partial charge in [0.05, 0.1) is 5.92 Å². The summed E-state index contributed by atoms with van der Waals surface area (Å²) in [7, 11) is 0. The fraction of sp³-hybridized carbons (Fsp3) is 0.462. The monoisotopic (exact) mass is 206 g/mol. The molecular weight excluding hydrogens is 188 g/mol. The minimum Gasteiger partial charge on any atom is -0.481 e. The fourth-order valence-electron chi connectivity index (χ4n) is 1.74. The van der Waals surface area contributed by atoms with Crippen molar-refractivity contribution in [3.63, 3.8) is 0 Å². The van der Waals surface area contributed by atoms with Gasteiger partial charge in [0.1, 0.15) is 0 Å². The molecule has 0 saturated carbocycles. The summed E-state index contributed by atoms with van der Waals surface area (Å²) in [4.78, 5) is 11.0. The summed E-state index contributed by atoms with van der Waals surface area (Å²) in [5.74, 6) is -0.519. The van der Waals surface area contributed by atoms with Crippen LogP contribution in [0.1, 0.15) is 25.8 Å². The van der Waals surface area contributed by atoms with Crippen LogP contribution in [0.15, 0.2) is 30.3 Å². The first-order valence-electron chi connectivity index (χ1n) is 5.36. The lowest BCUT2D eigenvalue weighted by molar-refractivity contribution is -0.142. The third kappa shape index (κ3) is 4.15. The lowest BCUT2D eigenvalue weighted by Crippen LogP contribution is -2.18. The van der Waals surface area contributed by atoms with Crippen molar-refractivity contribution >= 4 is 5.97 Å². The van der Waals surface area contributed by atoms with Crippen LogP contribution in [0.3, 0.4) is 0 Å². The summed E-state index contributed by atoms with van der Waals surface area (Å²) in [5, 5.41) is 9.08. The molecule has 0 fully saturated rings. The first-order chi connectivity index (χ1) is 7.09. The summed E-state index contributed by atoms with van der Waals surface area (Å²) in [6.07, 6.45) is 1.37. The number of carboxylic acid groups (broad SMARTS) is 1. The van der Waals surface area contributed by atoms with E-state index in [9.17, 15) is 4.79 Å². The molecule has 1 rings (SSSR count). The molecule has 15 heavy (non-hydrogen) atoms. The Balaban J connectivity index is 2.63. The van der Waals surface area contributed by atoms with Gasteiger partial charge in [-0.05, 0) is 24.3 Å². The Bertz CT molecular complexity index is 304. The summed E-state index contributed by atoms with van der Waals surface area (Å²) < 4.78 is 0. The molecule has 0 bridgehead atoms. The highest BCUT2D eigenvalue weighted by Crippen LogP contribution is 2.17. The molecule has 0 amide bonds. The van der Waals surface area contributed by atoms with E-state index in [-0.39, 0.29) is 5.92 Å². The Morgan fingerprint density at radius 2 is 1.87 bits per heavy atom. The Morgan fingerprint density at radius 1 is 1.27 bits per heavy atom. The van der Waals surface area contributed by atoms with Gasteiger partial charge in [-0.15, -0.1) is 0 Å². The van der Waals surface area contributed by atoms with Crippen LogP contribution in [-0.4, -0.2) is 11.1 Å². The first-order valence-corrected chi connectivity index (χ1v) is 5.36. The molecular formula is C13H18O2. The van der Waals surface area contributed by atoms with Gasteiger partial charge in [0.2, 0.25) is 0 Å². The summed E-state index contributed by atoms with van der Waals surface area (Å²) in [6, 6.07) is 9.81. The molecule has 0 saturated heterocycles. The average Bonchev–Trinajstić information content (AvgIpc) is 2.17.